The van der Waals surface area contributed by atoms with Gasteiger partial charge in [-0.3, -0.25) is 0 Å². The monoisotopic (exact) mass is 263 g/mol. The van der Waals surface area contributed by atoms with Crippen LogP contribution in [0.5, 0.6) is 0 Å². The average molecular weight is 263 g/mol. The second-order valence-corrected chi connectivity index (χ2v) is 6.76. The summed E-state index contributed by atoms with van der Waals surface area (Å²) < 4.78 is 28.6. The first-order chi connectivity index (χ1) is 7.89. The van der Waals surface area contributed by atoms with Gasteiger partial charge in [0, 0.05) is 19.1 Å². The maximum absolute atomic E-state index is 11.7. The number of hydrogen-bond donors (Lipinski definition) is 3. The normalized spacial score (nSPS) is 26.4. The molecule has 0 aliphatic carbocycles. The highest BCUT2D eigenvalue weighted by Gasteiger charge is 2.31. The lowest BCUT2D eigenvalue weighted by molar-refractivity contribution is 0.203. The van der Waals surface area contributed by atoms with E-state index in [2.05, 4.69) is 21.7 Å². The van der Waals surface area contributed by atoms with Gasteiger partial charge in [0.25, 0.3) is 10.2 Å². The summed E-state index contributed by atoms with van der Waals surface area (Å²) in [5, 5.41) is 3.35. The molecule has 1 fully saturated rings. The van der Waals surface area contributed by atoms with Crippen LogP contribution in [-0.2, 0) is 10.2 Å². The van der Waals surface area contributed by atoms with Gasteiger partial charge < -0.3 is 5.32 Å². The Balaban J connectivity index is 2.52. The van der Waals surface area contributed by atoms with Gasteiger partial charge in [-0.1, -0.05) is 6.92 Å². The Labute approximate surface area is 105 Å². The molecule has 1 unspecified atom stereocenters. The van der Waals surface area contributed by atoms with Crippen LogP contribution in [0.25, 0.3) is 0 Å². The molecule has 5 nitrogen and oxygen atoms in total. The molecule has 0 amide bonds. The van der Waals surface area contributed by atoms with Crippen LogP contribution >= 0.6 is 0 Å². The van der Waals surface area contributed by atoms with Gasteiger partial charge in [0.2, 0.25) is 0 Å². The summed E-state index contributed by atoms with van der Waals surface area (Å²) in [7, 11) is -3.36. The van der Waals surface area contributed by atoms with E-state index in [0.29, 0.717) is 6.54 Å². The van der Waals surface area contributed by atoms with E-state index < -0.39 is 10.2 Å². The van der Waals surface area contributed by atoms with Crippen molar-refractivity contribution in [3.05, 3.63) is 0 Å². The number of piperidine rings is 1. The van der Waals surface area contributed by atoms with Crippen LogP contribution in [-0.4, -0.2) is 34.1 Å². The lowest BCUT2D eigenvalue weighted by Crippen LogP contribution is -2.50. The predicted octanol–water partition coefficient (Wildman–Crippen LogP) is 0.599. The molecule has 0 aromatic carbocycles. The molecular weight excluding hydrogens is 238 g/mol. The largest absolute Gasteiger partial charge is 0.316 e. The predicted molar refractivity (Wildman–Crippen MR) is 70.0 cm³/mol. The van der Waals surface area contributed by atoms with Crippen molar-refractivity contribution in [1.82, 2.24) is 14.8 Å². The highest BCUT2D eigenvalue weighted by molar-refractivity contribution is 7.87. The molecule has 1 aliphatic heterocycles. The molecule has 17 heavy (non-hydrogen) atoms. The zero-order valence-electron chi connectivity index (χ0n) is 11.0. The molecule has 0 bridgehead atoms. The molecular formula is C11H25N3O2S. The summed E-state index contributed by atoms with van der Waals surface area (Å²) in [6.45, 7) is 8.20. The zero-order chi connectivity index (χ0) is 12.9. The van der Waals surface area contributed by atoms with E-state index in [4.69, 9.17) is 0 Å². The number of nitrogens with one attached hydrogen (secondary N) is 3. The zero-order valence-corrected chi connectivity index (χ0v) is 11.9. The molecule has 0 aromatic rings. The van der Waals surface area contributed by atoms with Crippen molar-refractivity contribution in [2.75, 3.05) is 19.6 Å². The Morgan fingerprint density at radius 2 is 2.12 bits per heavy atom. The Morgan fingerprint density at radius 1 is 1.41 bits per heavy atom. The van der Waals surface area contributed by atoms with Crippen LogP contribution in [0.4, 0.5) is 0 Å². The molecule has 0 spiro atoms. The van der Waals surface area contributed by atoms with E-state index in [1.807, 2.05) is 13.8 Å². The Hall–Kier alpha value is -0.170. The van der Waals surface area contributed by atoms with Gasteiger partial charge in [-0.15, -0.1) is 0 Å². The summed E-state index contributed by atoms with van der Waals surface area (Å²) in [5.74, 6) is 0. The van der Waals surface area contributed by atoms with Crippen LogP contribution in [0.2, 0.25) is 0 Å². The van der Waals surface area contributed by atoms with Crippen LogP contribution < -0.4 is 14.8 Å². The third-order valence-corrected chi connectivity index (χ3v) is 4.64. The summed E-state index contributed by atoms with van der Waals surface area (Å²) in [4.78, 5) is 0. The van der Waals surface area contributed by atoms with Crippen molar-refractivity contribution in [3.63, 3.8) is 0 Å². The molecule has 6 heteroatoms. The van der Waals surface area contributed by atoms with Gasteiger partial charge in [-0.05, 0) is 45.1 Å². The van der Waals surface area contributed by atoms with E-state index >= 15 is 0 Å². The van der Waals surface area contributed by atoms with E-state index in [9.17, 15) is 8.42 Å². The Morgan fingerprint density at radius 3 is 2.59 bits per heavy atom. The van der Waals surface area contributed by atoms with Crippen LogP contribution in [0.3, 0.4) is 0 Å². The molecule has 1 aliphatic rings. The van der Waals surface area contributed by atoms with E-state index in [-0.39, 0.29) is 11.5 Å². The smallest absolute Gasteiger partial charge is 0.277 e. The van der Waals surface area contributed by atoms with Gasteiger partial charge in [0.1, 0.15) is 0 Å². The summed E-state index contributed by atoms with van der Waals surface area (Å²) in [5.41, 5.74) is 0.0734. The highest BCUT2D eigenvalue weighted by atomic mass is 32.2. The van der Waals surface area contributed by atoms with Crippen molar-refractivity contribution >= 4 is 10.2 Å². The van der Waals surface area contributed by atoms with Gasteiger partial charge in [-0.2, -0.15) is 13.1 Å². The van der Waals surface area contributed by atoms with Gasteiger partial charge in [0.05, 0.1) is 0 Å². The second-order valence-electron chi connectivity index (χ2n) is 5.23. The van der Waals surface area contributed by atoms with Crippen LogP contribution in [0, 0.1) is 5.41 Å². The molecule has 3 N–H and O–H groups in total. The summed E-state index contributed by atoms with van der Waals surface area (Å²) >= 11 is 0. The van der Waals surface area contributed by atoms with Gasteiger partial charge in [-0.25, -0.2) is 4.72 Å². The van der Waals surface area contributed by atoms with Crippen molar-refractivity contribution in [2.45, 2.75) is 46.1 Å². The topological polar surface area (TPSA) is 70.2 Å². The van der Waals surface area contributed by atoms with Crippen molar-refractivity contribution in [2.24, 2.45) is 5.41 Å². The standard InChI is InChI=1S/C11H25N3O2S/c1-4-11(6-5-7-12-8-11)9-13-17(15,16)14-10(2)3/h10,12-14H,4-9H2,1-3H3. The molecule has 1 saturated heterocycles. The third kappa shape index (κ3) is 4.91. The summed E-state index contributed by atoms with van der Waals surface area (Å²) in [6, 6.07) is -0.0745. The van der Waals surface area contributed by atoms with E-state index in [1.165, 1.54) is 0 Å². The molecule has 1 heterocycles. The number of rotatable bonds is 6. The molecule has 102 valence electrons. The Bertz CT molecular complexity index is 322. The van der Waals surface area contributed by atoms with Gasteiger partial charge >= 0.3 is 0 Å². The SMILES string of the molecule is CCC1(CNS(=O)(=O)NC(C)C)CCCNC1. The van der Waals surface area contributed by atoms with Crippen molar-refractivity contribution < 1.29 is 8.42 Å². The maximum atomic E-state index is 11.7. The molecule has 0 saturated carbocycles. The number of hydrogen-bond acceptors (Lipinski definition) is 3. The van der Waals surface area contributed by atoms with E-state index in [1.54, 1.807) is 0 Å². The second kappa shape index (κ2) is 6.13. The molecule has 0 radical (unpaired) electrons. The first-order valence-corrected chi connectivity index (χ1v) is 7.85. The maximum Gasteiger partial charge on any atom is 0.277 e. The lowest BCUT2D eigenvalue weighted by atomic mass is 9.78. The minimum atomic E-state index is -3.36. The minimum Gasteiger partial charge on any atom is -0.316 e. The van der Waals surface area contributed by atoms with Crippen LogP contribution in [0.15, 0.2) is 0 Å². The Kier molecular flexibility index (Phi) is 5.37. The molecule has 1 rings (SSSR count). The van der Waals surface area contributed by atoms with Crippen LogP contribution in [0.1, 0.15) is 40.0 Å². The lowest BCUT2D eigenvalue weighted by Gasteiger charge is -2.37. The minimum absolute atomic E-state index is 0.0734. The quantitative estimate of drug-likeness (QED) is 0.657. The van der Waals surface area contributed by atoms with Crippen molar-refractivity contribution in [1.29, 1.82) is 0 Å². The first kappa shape index (κ1) is 14.9. The highest BCUT2D eigenvalue weighted by Crippen LogP contribution is 2.29. The van der Waals surface area contributed by atoms with Gasteiger partial charge in [0.15, 0.2) is 0 Å². The average Bonchev–Trinajstić information content (AvgIpc) is 2.26. The first-order valence-electron chi connectivity index (χ1n) is 6.37. The summed E-state index contributed by atoms with van der Waals surface area (Å²) in [6.07, 6.45) is 3.19. The fraction of sp³-hybridized carbons (Fsp3) is 1.00. The van der Waals surface area contributed by atoms with Crippen molar-refractivity contribution in [3.8, 4) is 0 Å². The fourth-order valence-electron chi connectivity index (χ4n) is 2.21. The van der Waals surface area contributed by atoms with E-state index in [0.717, 1.165) is 32.4 Å². The molecule has 1 atom stereocenters. The third-order valence-electron chi connectivity index (χ3n) is 3.34. The molecule has 0 aromatic heterocycles. The fourth-order valence-corrected chi connectivity index (χ4v) is 3.41.